The Morgan fingerprint density at radius 1 is 1.40 bits per heavy atom. The fraction of sp³-hybridized carbons (Fsp3) is 0.222. The van der Waals surface area contributed by atoms with Gasteiger partial charge in [0.2, 0.25) is 5.91 Å². The van der Waals surface area contributed by atoms with Crippen molar-refractivity contribution in [2.45, 2.75) is 11.8 Å². The van der Waals surface area contributed by atoms with Crippen LogP contribution in [0.5, 0.6) is 0 Å². The molecule has 4 N–H and O–H groups in total. The average molecular weight is 228 g/mol. The molecule has 0 radical (unpaired) electrons. The van der Waals surface area contributed by atoms with Gasteiger partial charge in [0.1, 0.15) is 5.75 Å². The number of sulfone groups is 1. The molecule has 0 heterocycles. The van der Waals surface area contributed by atoms with E-state index in [0.717, 1.165) is 0 Å². The van der Waals surface area contributed by atoms with Crippen molar-refractivity contribution >= 4 is 21.4 Å². The van der Waals surface area contributed by atoms with E-state index in [9.17, 15) is 13.2 Å². The summed E-state index contributed by atoms with van der Waals surface area (Å²) in [5.41, 5.74) is 11.2. The van der Waals surface area contributed by atoms with Crippen LogP contribution in [0.15, 0.2) is 23.1 Å². The predicted octanol–water partition coefficient (Wildman–Crippen LogP) is -0.164. The third-order valence-corrected chi connectivity index (χ3v) is 3.77. The van der Waals surface area contributed by atoms with Gasteiger partial charge in [-0.3, -0.25) is 4.79 Å². The Bertz CT molecular complexity index is 494. The minimum absolute atomic E-state index is 0.0568. The van der Waals surface area contributed by atoms with E-state index < -0.39 is 21.5 Å². The summed E-state index contributed by atoms with van der Waals surface area (Å²) in [4.78, 5) is 10.7. The topological polar surface area (TPSA) is 103 Å². The minimum atomic E-state index is -3.67. The molecule has 0 unspecified atom stereocenters. The van der Waals surface area contributed by atoms with Crippen molar-refractivity contribution < 1.29 is 13.2 Å². The van der Waals surface area contributed by atoms with E-state index in [1.165, 1.54) is 12.1 Å². The second-order valence-corrected chi connectivity index (χ2v) is 5.15. The van der Waals surface area contributed by atoms with Crippen LogP contribution in [0.25, 0.3) is 0 Å². The minimum Gasteiger partial charge on any atom is -0.398 e. The van der Waals surface area contributed by atoms with Gasteiger partial charge < -0.3 is 11.5 Å². The molecule has 6 heteroatoms. The first-order chi connectivity index (χ1) is 6.84. The van der Waals surface area contributed by atoms with E-state index >= 15 is 0 Å². The number of nitrogens with two attached hydrogens (primary N) is 2. The lowest BCUT2D eigenvalue weighted by atomic mass is 10.2. The molecule has 1 aromatic carbocycles. The van der Waals surface area contributed by atoms with Crippen LogP contribution in [-0.2, 0) is 14.6 Å². The fourth-order valence-electron chi connectivity index (χ4n) is 1.23. The highest BCUT2D eigenvalue weighted by Gasteiger charge is 2.20. The molecule has 0 aliphatic carbocycles. The molecule has 0 fully saturated rings. The highest BCUT2D eigenvalue weighted by Crippen LogP contribution is 2.21. The first-order valence-electron chi connectivity index (χ1n) is 4.21. The van der Waals surface area contributed by atoms with Gasteiger partial charge in [-0.05, 0) is 24.6 Å². The third-order valence-electron chi connectivity index (χ3n) is 1.99. The second-order valence-electron chi connectivity index (χ2n) is 3.20. The van der Waals surface area contributed by atoms with Crippen LogP contribution in [0, 0.1) is 6.92 Å². The predicted molar refractivity (Wildman–Crippen MR) is 56.8 cm³/mol. The highest BCUT2D eigenvalue weighted by atomic mass is 32.2. The van der Waals surface area contributed by atoms with Gasteiger partial charge in [-0.1, -0.05) is 6.07 Å². The van der Waals surface area contributed by atoms with Crippen LogP contribution in [0.1, 0.15) is 5.56 Å². The zero-order valence-corrected chi connectivity index (χ0v) is 9.04. The van der Waals surface area contributed by atoms with Gasteiger partial charge in [0, 0.05) is 5.69 Å². The first kappa shape index (κ1) is 11.5. The van der Waals surface area contributed by atoms with Gasteiger partial charge in [-0.15, -0.1) is 0 Å². The lowest BCUT2D eigenvalue weighted by Gasteiger charge is -2.07. The largest absolute Gasteiger partial charge is 0.398 e. The van der Waals surface area contributed by atoms with Crippen molar-refractivity contribution in [3.05, 3.63) is 23.8 Å². The summed E-state index contributed by atoms with van der Waals surface area (Å²) in [6, 6.07) is 4.53. The lowest BCUT2D eigenvalue weighted by molar-refractivity contribution is -0.115. The zero-order valence-electron chi connectivity index (χ0n) is 8.23. The van der Waals surface area contributed by atoms with Crippen molar-refractivity contribution in [2.24, 2.45) is 5.73 Å². The Balaban J connectivity index is 3.28. The Labute approximate surface area is 88.0 Å². The maximum Gasteiger partial charge on any atom is 0.233 e. The number of hydrogen-bond donors (Lipinski definition) is 2. The number of primary amides is 1. The van der Waals surface area contributed by atoms with E-state index in [1.54, 1.807) is 13.0 Å². The lowest BCUT2D eigenvalue weighted by Crippen LogP contribution is -2.23. The van der Waals surface area contributed by atoms with Gasteiger partial charge in [0.05, 0.1) is 4.90 Å². The van der Waals surface area contributed by atoms with Crippen LogP contribution in [-0.4, -0.2) is 20.1 Å². The highest BCUT2D eigenvalue weighted by molar-refractivity contribution is 7.92. The van der Waals surface area contributed by atoms with Crippen LogP contribution < -0.4 is 11.5 Å². The van der Waals surface area contributed by atoms with E-state index in [-0.39, 0.29) is 4.90 Å². The van der Waals surface area contributed by atoms with E-state index in [0.29, 0.717) is 11.3 Å². The number of amides is 1. The molecule has 15 heavy (non-hydrogen) atoms. The molecule has 0 atom stereocenters. The molecule has 5 nitrogen and oxygen atoms in total. The van der Waals surface area contributed by atoms with Gasteiger partial charge in [0.15, 0.2) is 9.84 Å². The number of anilines is 1. The monoisotopic (exact) mass is 228 g/mol. The van der Waals surface area contributed by atoms with Crippen molar-refractivity contribution in [1.29, 1.82) is 0 Å². The number of carbonyl (C=O) groups is 1. The first-order valence-corrected chi connectivity index (χ1v) is 5.86. The Morgan fingerprint density at radius 3 is 2.53 bits per heavy atom. The fourth-order valence-corrected chi connectivity index (χ4v) is 2.63. The molecule has 1 amide bonds. The molecule has 0 spiro atoms. The smallest absolute Gasteiger partial charge is 0.233 e. The number of benzene rings is 1. The van der Waals surface area contributed by atoms with Crippen LogP contribution in [0.2, 0.25) is 0 Å². The van der Waals surface area contributed by atoms with Crippen molar-refractivity contribution in [1.82, 2.24) is 0 Å². The quantitative estimate of drug-likeness (QED) is 0.701. The Hall–Kier alpha value is -1.56. The van der Waals surface area contributed by atoms with E-state index in [2.05, 4.69) is 0 Å². The van der Waals surface area contributed by atoms with Gasteiger partial charge in [-0.25, -0.2) is 8.42 Å². The SMILES string of the molecule is Cc1c(N)cccc1S(=O)(=O)CC(N)=O. The maximum absolute atomic E-state index is 11.7. The Kier molecular flexibility index (Phi) is 2.99. The van der Waals surface area contributed by atoms with Gasteiger partial charge in [0.25, 0.3) is 0 Å². The standard InChI is InChI=1S/C9H12N2O3S/c1-6-7(10)3-2-4-8(6)15(13,14)5-9(11)12/h2-4H,5,10H2,1H3,(H2,11,12). The second kappa shape index (κ2) is 3.90. The normalized spacial score (nSPS) is 11.3. The number of hydrogen-bond acceptors (Lipinski definition) is 4. The average Bonchev–Trinajstić information content (AvgIpc) is 2.07. The maximum atomic E-state index is 11.7. The number of carbonyl (C=O) groups excluding carboxylic acids is 1. The van der Waals surface area contributed by atoms with Crippen molar-refractivity contribution in [2.75, 3.05) is 11.5 Å². The molecule has 82 valence electrons. The van der Waals surface area contributed by atoms with E-state index in [4.69, 9.17) is 11.5 Å². The third kappa shape index (κ3) is 2.47. The molecule has 0 aromatic heterocycles. The molecule has 1 rings (SSSR count). The summed E-state index contributed by atoms with van der Waals surface area (Å²) >= 11 is 0. The molecule has 0 aliphatic rings. The zero-order chi connectivity index (χ0) is 11.6. The molecular formula is C9H12N2O3S. The molecule has 0 bridgehead atoms. The number of rotatable bonds is 3. The summed E-state index contributed by atoms with van der Waals surface area (Å²) in [5, 5.41) is 0. The van der Waals surface area contributed by atoms with Gasteiger partial charge in [-0.2, -0.15) is 0 Å². The molecule has 0 saturated carbocycles. The van der Waals surface area contributed by atoms with Gasteiger partial charge >= 0.3 is 0 Å². The summed E-state index contributed by atoms with van der Waals surface area (Å²) in [6.07, 6.45) is 0. The molecule has 1 aromatic rings. The molecule has 0 aliphatic heterocycles. The summed E-state index contributed by atoms with van der Waals surface area (Å²) in [6.45, 7) is 1.59. The summed E-state index contributed by atoms with van der Waals surface area (Å²) in [5.74, 6) is -1.58. The van der Waals surface area contributed by atoms with Crippen molar-refractivity contribution in [3.8, 4) is 0 Å². The molecular weight excluding hydrogens is 216 g/mol. The van der Waals surface area contributed by atoms with Crippen LogP contribution in [0.3, 0.4) is 0 Å². The number of nitrogen functional groups attached to an aromatic ring is 1. The Morgan fingerprint density at radius 2 is 2.00 bits per heavy atom. The molecule has 0 saturated heterocycles. The van der Waals surface area contributed by atoms with Crippen LogP contribution in [0.4, 0.5) is 5.69 Å². The van der Waals surface area contributed by atoms with E-state index in [1.807, 2.05) is 0 Å². The summed E-state index contributed by atoms with van der Waals surface area (Å²) < 4.78 is 23.3. The van der Waals surface area contributed by atoms with Crippen molar-refractivity contribution in [3.63, 3.8) is 0 Å². The van der Waals surface area contributed by atoms with Crippen LogP contribution >= 0.6 is 0 Å². The summed E-state index contributed by atoms with van der Waals surface area (Å²) in [7, 11) is -3.67.